The molecule has 1 atom stereocenters. The van der Waals surface area contributed by atoms with E-state index in [2.05, 4.69) is 10.2 Å². The SMILES string of the molecule is COc1ccc(NC(=O)[C@@H](C)N2CCCCCC2)c([N+](=O)[O-])c1. The number of nitro groups is 1. The average molecular weight is 321 g/mol. The van der Waals surface area contributed by atoms with Crippen LogP contribution in [0.4, 0.5) is 11.4 Å². The van der Waals surface area contributed by atoms with Gasteiger partial charge in [-0.15, -0.1) is 0 Å². The fraction of sp³-hybridized carbons (Fsp3) is 0.562. The van der Waals surface area contributed by atoms with Crippen LogP contribution in [0.5, 0.6) is 5.75 Å². The van der Waals surface area contributed by atoms with Crippen molar-refractivity contribution in [3.8, 4) is 5.75 Å². The van der Waals surface area contributed by atoms with Gasteiger partial charge < -0.3 is 10.1 Å². The van der Waals surface area contributed by atoms with Crippen molar-refractivity contribution in [1.29, 1.82) is 0 Å². The number of amides is 1. The van der Waals surface area contributed by atoms with Gasteiger partial charge in [0, 0.05) is 0 Å². The summed E-state index contributed by atoms with van der Waals surface area (Å²) in [6.07, 6.45) is 4.55. The third kappa shape index (κ3) is 4.41. The molecule has 0 radical (unpaired) electrons. The largest absolute Gasteiger partial charge is 0.496 e. The second kappa shape index (κ2) is 7.92. The summed E-state index contributed by atoms with van der Waals surface area (Å²) in [5.74, 6) is 0.162. The van der Waals surface area contributed by atoms with Gasteiger partial charge in [-0.25, -0.2) is 0 Å². The topological polar surface area (TPSA) is 84.7 Å². The first-order valence-electron chi connectivity index (χ1n) is 7.90. The highest BCUT2D eigenvalue weighted by Crippen LogP contribution is 2.29. The number of carbonyl (C=O) groups excluding carboxylic acids is 1. The van der Waals surface area contributed by atoms with E-state index in [0.717, 1.165) is 25.9 Å². The molecule has 0 bridgehead atoms. The molecule has 1 fully saturated rings. The van der Waals surface area contributed by atoms with E-state index in [0.29, 0.717) is 5.75 Å². The van der Waals surface area contributed by atoms with Crippen LogP contribution < -0.4 is 10.1 Å². The lowest BCUT2D eigenvalue weighted by Gasteiger charge is -2.26. The maximum absolute atomic E-state index is 12.4. The molecule has 1 saturated heterocycles. The van der Waals surface area contributed by atoms with E-state index in [9.17, 15) is 14.9 Å². The van der Waals surface area contributed by atoms with Crippen molar-refractivity contribution in [2.24, 2.45) is 0 Å². The van der Waals surface area contributed by atoms with Gasteiger partial charge in [-0.3, -0.25) is 19.8 Å². The lowest BCUT2D eigenvalue weighted by Crippen LogP contribution is -2.42. The van der Waals surface area contributed by atoms with E-state index in [4.69, 9.17) is 4.74 Å². The zero-order valence-corrected chi connectivity index (χ0v) is 13.6. The maximum atomic E-state index is 12.4. The first kappa shape index (κ1) is 17.2. The fourth-order valence-electron chi connectivity index (χ4n) is 2.78. The second-order valence-electron chi connectivity index (χ2n) is 5.76. The van der Waals surface area contributed by atoms with Crippen LogP contribution in [0.1, 0.15) is 32.6 Å². The monoisotopic (exact) mass is 321 g/mol. The minimum absolute atomic E-state index is 0.166. The number of hydrogen-bond acceptors (Lipinski definition) is 5. The molecule has 1 N–H and O–H groups in total. The molecule has 23 heavy (non-hydrogen) atoms. The highest BCUT2D eigenvalue weighted by Gasteiger charge is 2.24. The van der Waals surface area contributed by atoms with Crippen molar-refractivity contribution in [2.45, 2.75) is 38.6 Å². The van der Waals surface area contributed by atoms with Crippen molar-refractivity contribution in [1.82, 2.24) is 4.90 Å². The highest BCUT2D eigenvalue weighted by molar-refractivity contribution is 5.96. The van der Waals surface area contributed by atoms with E-state index >= 15 is 0 Å². The number of rotatable bonds is 5. The Kier molecular flexibility index (Phi) is 5.92. The van der Waals surface area contributed by atoms with Gasteiger partial charge in [0.1, 0.15) is 11.4 Å². The first-order chi connectivity index (χ1) is 11.0. The molecule has 0 spiro atoms. The van der Waals surface area contributed by atoms with E-state index < -0.39 is 4.92 Å². The minimum Gasteiger partial charge on any atom is -0.496 e. The molecule has 2 rings (SSSR count). The summed E-state index contributed by atoms with van der Waals surface area (Å²) >= 11 is 0. The Bertz CT molecular complexity index is 568. The zero-order chi connectivity index (χ0) is 16.8. The van der Waals surface area contributed by atoms with E-state index in [1.165, 1.54) is 32.1 Å². The molecule has 1 aliphatic heterocycles. The third-order valence-corrected chi connectivity index (χ3v) is 4.23. The van der Waals surface area contributed by atoms with Crippen molar-refractivity contribution < 1.29 is 14.5 Å². The predicted octanol–water partition coefficient (Wildman–Crippen LogP) is 2.81. The Morgan fingerprint density at radius 3 is 2.52 bits per heavy atom. The number of hydrogen-bond donors (Lipinski definition) is 1. The number of likely N-dealkylation sites (tertiary alicyclic amines) is 1. The molecule has 1 amide bonds. The zero-order valence-electron chi connectivity index (χ0n) is 13.6. The van der Waals surface area contributed by atoms with Crippen LogP contribution in [0.15, 0.2) is 18.2 Å². The molecular formula is C16H23N3O4. The molecular weight excluding hydrogens is 298 g/mol. The van der Waals surface area contributed by atoms with Gasteiger partial charge in [0.2, 0.25) is 5.91 Å². The number of benzene rings is 1. The van der Waals surface area contributed by atoms with Crippen molar-refractivity contribution >= 4 is 17.3 Å². The van der Waals surface area contributed by atoms with Crippen molar-refractivity contribution in [3.63, 3.8) is 0 Å². The molecule has 0 unspecified atom stereocenters. The van der Waals surface area contributed by atoms with Gasteiger partial charge in [0.05, 0.1) is 24.1 Å². The Morgan fingerprint density at radius 1 is 1.30 bits per heavy atom. The molecule has 1 aromatic rings. The Labute approximate surface area is 135 Å². The van der Waals surface area contributed by atoms with E-state index in [-0.39, 0.29) is 23.3 Å². The number of nitro benzene ring substituents is 1. The molecule has 1 aliphatic rings. The normalized spacial score (nSPS) is 17.1. The summed E-state index contributed by atoms with van der Waals surface area (Å²) in [6, 6.07) is 4.10. The molecule has 7 heteroatoms. The number of ether oxygens (including phenoxy) is 1. The van der Waals surface area contributed by atoms with Gasteiger partial charge in [-0.2, -0.15) is 0 Å². The Morgan fingerprint density at radius 2 is 1.96 bits per heavy atom. The van der Waals surface area contributed by atoms with Gasteiger partial charge in [0.25, 0.3) is 5.69 Å². The molecule has 1 aromatic carbocycles. The molecule has 0 saturated carbocycles. The number of nitrogens with one attached hydrogen (secondary N) is 1. The summed E-state index contributed by atoms with van der Waals surface area (Å²) in [6.45, 7) is 3.62. The van der Waals surface area contributed by atoms with Crippen molar-refractivity contribution in [2.75, 3.05) is 25.5 Å². The van der Waals surface area contributed by atoms with Crippen LogP contribution in [-0.2, 0) is 4.79 Å². The highest BCUT2D eigenvalue weighted by atomic mass is 16.6. The summed E-state index contributed by atoms with van der Waals surface area (Å²) in [5, 5.41) is 13.9. The third-order valence-electron chi connectivity index (χ3n) is 4.23. The predicted molar refractivity (Wildman–Crippen MR) is 87.8 cm³/mol. The Hall–Kier alpha value is -2.15. The summed E-state index contributed by atoms with van der Waals surface area (Å²) < 4.78 is 5.00. The van der Waals surface area contributed by atoms with Crippen LogP contribution >= 0.6 is 0 Å². The minimum atomic E-state index is -0.519. The van der Waals surface area contributed by atoms with Gasteiger partial charge in [0.15, 0.2) is 0 Å². The second-order valence-corrected chi connectivity index (χ2v) is 5.76. The van der Waals surface area contributed by atoms with Crippen LogP contribution in [-0.4, -0.2) is 42.0 Å². The Balaban J connectivity index is 2.11. The van der Waals surface area contributed by atoms with Gasteiger partial charge in [-0.05, 0) is 45.0 Å². The van der Waals surface area contributed by atoms with Crippen LogP contribution in [0, 0.1) is 10.1 Å². The van der Waals surface area contributed by atoms with Crippen molar-refractivity contribution in [3.05, 3.63) is 28.3 Å². The molecule has 126 valence electrons. The van der Waals surface area contributed by atoms with E-state index in [1.807, 2.05) is 6.92 Å². The number of carbonyl (C=O) groups is 1. The average Bonchev–Trinajstić information content (AvgIpc) is 2.83. The smallest absolute Gasteiger partial charge is 0.296 e. The van der Waals surface area contributed by atoms with Gasteiger partial charge >= 0.3 is 0 Å². The van der Waals surface area contributed by atoms with E-state index in [1.54, 1.807) is 6.07 Å². The summed E-state index contributed by atoms with van der Waals surface area (Å²) in [5.41, 5.74) is 0.0308. The molecule has 0 aliphatic carbocycles. The molecule has 7 nitrogen and oxygen atoms in total. The lowest BCUT2D eigenvalue weighted by molar-refractivity contribution is -0.384. The number of methoxy groups -OCH3 is 1. The molecule has 1 heterocycles. The standard InChI is InChI=1S/C16H23N3O4/c1-12(18-9-5-3-4-6-10-18)16(20)17-14-8-7-13(23-2)11-15(14)19(21)22/h7-8,11-12H,3-6,9-10H2,1-2H3,(H,17,20)/t12-/m1/s1. The molecule has 0 aromatic heterocycles. The van der Waals surface area contributed by atoms with Crippen LogP contribution in [0.3, 0.4) is 0 Å². The van der Waals surface area contributed by atoms with Crippen LogP contribution in [0.2, 0.25) is 0 Å². The maximum Gasteiger partial charge on any atom is 0.296 e. The summed E-state index contributed by atoms with van der Waals surface area (Å²) in [4.78, 5) is 25.2. The summed E-state index contributed by atoms with van der Waals surface area (Å²) in [7, 11) is 1.44. The van der Waals surface area contributed by atoms with Gasteiger partial charge in [-0.1, -0.05) is 12.8 Å². The van der Waals surface area contributed by atoms with Crippen LogP contribution in [0.25, 0.3) is 0 Å². The number of nitrogens with zero attached hydrogens (tertiary/aromatic N) is 2. The number of anilines is 1. The fourth-order valence-corrected chi connectivity index (χ4v) is 2.78. The first-order valence-corrected chi connectivity index (χ1v) is 7.90. The lowest BCUT2D eigenvalue weighted by atomic mass is 10.2. The quantitative estimate of drug-likeness (QED) is 0.666.